The molecular weight excluding hydrogens is 238 g/mol. The minimum Gasteiger partial charge on any atom is -0.478 e. The Kier molecular flexibility index (Phi) is 4.14. The first kappa shape index (κ1) is 12.5. The van der Waals surface area contributed by atoms with Crippen LogP contribution in [0.4, 0.5) is 5.69 Å². The summed E-state index contributed by atoms with van der Waals surface area (Å²) in [6, 6.07) is 3.93. The van der Waals surface area contributed by atoms with E-state index in [1.807, 2.05) is 0 Å². The number of carboxylic acids is 2. The summed E-state index contributed by atoms with van der Waals surface area (Å²) >= 11 is 0. The average molecular weight is 245 g/mol. The molecule has 1 aromatic carbocycles. The first-order chi connectivity index (χ1) is 6.04. The Morgan fingerprint density at radius 3 is 2.07 bits per heavy atom. The van der Waals surface area contributed by atoms with Gasteiger partial charge in [-0.25, -0.2) is 9.59 Å². The molecule has 0 unspecified atom stereocenters. The summed E-state index contributed by atoms with van der Waals surface area (Å²) in [4.78, 5) is 21.2. The number of hydrogen-bond acceptors (Lipinski definition) is 3. The van der Waals surface area contributed by atoms with E-state index in [0.717, 1.165) is 0 Å². The summed E-state index contributed by atoms with van der Waals surface area (Å²) in [6.07, 6.45) is 0. The van der Waals surface area contributed by atoms with Crippen LogP contribution < -0.4 is 5.73 Å². The Hall–Kier alpha value is -1.52. The maximum absolute atomic E-state index is 10.6. The largest absolute Gasteiger partial charge is 0.478 e. The van der Waals surface area contributed by atoms with Crippen LogP contribution >= 0.6 is 0 Å². The van der Waals surface area contributed by atoms with Crippen molar-refractivity contribution in [3.8, 4) is 0 Å². The van der Waals surface area contributed by atoms with Crippen molar-refractivity contribution in [3.63, 3.8) is 0 Å². The number of carbonyl (C=O) groups is 2. The fourth-order valence-electron chi connectivity index (χ4n) is 0.987. The molecule has 0 aliphatic rings. The van der Waals surface area contributed by atoms with Gasteiger partial charge in [-0.15, -0.1) is 0 Å². The van der Waals surface area contributed by atoms with Crippen molar-refractivity contribution in [2.75, 3.05) is 5.73 Å². The molecule has 0 bridgehead atoms. The number of aromatic carboxylic acids is 2. The Labute approximate surface area is 90.0 Å². The number of carboxylic acid groups (broad SMARTS) is 2. The number of anilines is 1. The van der Waals surface area contributed by atoms with Crippen LogP contribution in [-0.2, 0) is 17.1 Å². The third-order valence-corrected chi connectivity index (χ3v) is 1.54. The number of rotatable bonds is 2. The monoisotopic (exact) mass is 244 g/mol. The predicted molar refractivity (Wildman–Crippen MR) is 44.8 cm³/mol. The zero-order valence-electron chi connectivity index (χ0n) is 6.82. The van der Waals surface area contributed by atoms with Crippen LogP contribution in [0.5, 0.6) is 0 Å². The topological polar surface area (TPSA) is 101 Å². The molecule has 1 radical (unpaired) electrons. The van der Waals surface area contributed by atoms with Gasteiger partial charge in [0.2, 0.25) is 0 Å². The van der Waals surface area contributed by atoms with Crippen LogP contribution in [0.2, 0.25) is 0 Å². The molecule has 0 atom stereocenters. The van der Waals surface area contributed by atoms with Crippen molar-refractivity contribution in [2.24, 2.45) is 0 Å². The maximum atomic E-state index is 10.6. The van der Waals surface area contributed by atoms with Gasteiger partial charge >= 0.3 is 11.9 Å². The third-order valence-electron chi connectivity index (χ3n) is 1.54. The molecule has 0 saturated carbocycles. The van der Waals surface area contributed by atoms with Crippen molar-refractivity contribution in [1.82, 2.24) is 0 Å². The molecule has 0 spiro atoms. The normalized spacial score (nSPS) is 8.86. The molecule has 6 heteroatoms. The minimum atomic E-state index is -1.34. The molecule has 5 nitrogen and oxygen atoms in total. The standard InChI is InChI=1S/C8H7NO4.Cu/c9-5-3-1-2-4(7(10)11)6(5)8(12)13;/h1-3H,9H2,(H,10,11)(H,12,13);. The van der Waals surface area contributed by atoms with Gasteiger partial charge in [0.05, 0.1) is 11.1 Å². The van der Waals surface area contributed by atoms with E-state index in [9.17, 15) is 9.59 Å². The molecule has 0 aromatic heterocycles. The molecule has 4 N–H and O–H groups in total. The Morgan fingerprint density at radius 1 is 1.14 bits per heavy atom. The summed E-state index contributed by atoms with van der Waals surface area (Å²) < 4.78 is 0. The summed E-state index contributed by atoms with van der Waals surface area (Å²) in [7, 11) is 0. The molecule has 79 valence electrons. The van der Waals surface area contributed by atoms with E-state index < -0.39 is 11.9 Å². The summed E-state index contributed by atoms with van der Waals surface area (Å²) in [5.41, 5.74) is 4.60. The molecule has 0 heterocycles. The Balaban J connectivity index is 0.00000169. The smallest absolute Gasteiger partial charge is 0.338 e. The first-order valence-electron chi connectivity index (χ1n) is 3.39. The van der Waals surface area contributed by atoms with Crippen LogP contribution in [0.3, 0.4) is 0 Å². The van der Waals surface area contributed by atoms with Crippen molar-refractivity contribution < 1.29 is 36.9 Å². The third kappa shape index (κ3) is 2.25. The number of benzene rings is 1. The Morgan fingerprint density at radius 2 is 1.71 bits per heavy atom. The number of nitrogens with two attached hydrogens (primary N) is 1. The second-order valence-electron chi connectivity index (χ2n) is 2.38. The van der Waals surface area contributed by atoms with Gasteiger partial charge in [0.25, 0.3) is 0 Å². The average Bonchev–Trinajstić information content (AvgIpc) is 2.02. The molecule has 0 fully saturated rings. The molecule has 1 rings (SSSR count). The summed E-state index contributed by atoms with van der Waals surface area (Å²) in [5.74, 6) is -2.64. The van der Waals surface area contributed by atoms with E-state index in [-0.39, 0.29) is 33.9 Å². The van der Waals surface area contributed by atoms with Crippen molar-refractivity contribution in [1.29, 1.82) is 0 Å². The molecule has 0 amide bonds. The molecule has 0 aliphatic carbocycles. The van der Waals surface area contributed by atoms with Crippen LogP contribution in [-0.4, -0.2) is 22.2 Å². The van der Waals surface area contributed by atoms with Gasteiger partial charge in [-0.3, -0.25) is 0 Å². The van der Waals surface area contributed by atoms with Gasteiger partial charge in [-0.05, 0) is 12.1 Å². The van der Waals surface area contributed by atoms with Gasteiger partial charge in [-0.1, -0.05) is 6.07 Å². The second kappa shape index (κ2) is 4.64. The van der Waals surface area contributed by atoms with E-state index in [0.29, 0.717) is 0 Å². The maximum Gasteiger partial charge on any atom is 0.338 e. The fourth-order valence-corrected chi connectivity index (χ4v) is 0.987. The molecule has 0 aliphatic heterocycles. The van der Waals surface area contributed by atoms with E-state index in [1.54, 1.807) is 0 Å². The van der Waals surface area contributed by atoms with E-state index in [4.69, 9.17) is 15.9 Å². The minimum absolute atomic E-state index is 0. The van der Waals surface area contributed by atoms with Gasteiger partial charge in [0.15, 0.2) is 0 Å². The van der Waals surface area contributed by atoms with E-state index in [2.05, 4.69) is 0 Å². The molecular formula is C8H7CuNO4. The number of hydrogen-bond donors (Lipinski definition) is 3. The van der Waals surface area contributed by atoms with Crippen molar-refractivity contribution >= 4 is 17.6 Å². The quantitative estimate of drug-likeness (QED) is 0.524. The van der Waals surface area contributed by atoms with Crippen LogP contribution in [0.15, 0.2) is 18.2 Å². The Bertz CT molecular complexity index is 378. The van der Waals surface area contributed by atoms with Gasteiger partial charge < -0.3 is 15.9 Å². The molecule has 0 saturated heterocycles. The van der Waals surface area contributed by atoms with Crippen molar-refractivity contribution in [3.05, 3.63) is 29.3 Å². The van der Waals surface area contributed by atoms with Crippen LogP contribution in [0.1, 0.15) is 20.7 Å². The zero-order valence-corrected chi connectivity index (χ0v) is 7.76. The number of nitrogen functional groups attached to an aromatic ring is 1. The SMILES string of the molecule is Nc1cccc(C(=O)O)c1C(=O)O.[Cu]. The summed E-state index contributed by atoms with van der Waals surface area (Å²) in [5, 5.41) is 17.3. The first-order valence-corrected chi connectivity index (χ1v) is 3.39. The second-order valence-corrected chi connectivity index (χ2v) is 2.38. The molecule has 1 aromatic rings. The van der Waals surface area contributed by atoms with Gasteiger partial charge in [0, 0.05) is 22.8 Å². The van der Waals surface area contributed by atoms with E-state index >= 15 is 0 Å². The predicted octanol–water partition coefficient (Wildman–Crippen LogP) is 0.663. The zero-order chi connectivity index (χ0) is 10.0. The summed E-state index contributed by atoms with van der Waals surface area (Å²) in [6.45, 7) is 0. The van der Waals surface area contributed by atoms with Crippen LogP contribution in [0, 0.1) is 0 Å². The van der Waals surface area contributed by atoms with Crippen LogP contribution in [0.25, 0.3) is 0 Å². The van der Waals surface area contributed by atoms with Crippen molar-refractivity contribution in [2.45, 2.75) is 0 Å². The van der Waals surface area contributed by atoms with E-state index in [1.165, 1.54) is 18.2 Å². The van der Waals surface area contributed by atoms with Gasteiger partial charge in [0.1, 0.15) is 0 Å². The van der Waals surface area contributed by atoms with Gasteiger partial charge in [-0.2, -0.15) is 0 Å². The molecule has 14 heavy (non-hydrogen) atoms. The fraction of sp³-hybridized carbons (Fsp3) is 0.